The standard InChI is InChI=1S/C14H26S/c1-13(2,3)11-8-7-9-15-10-12(11)14(4,5)6/h7-10H2,1-6H3. The van der Waals surface area contributed by atoms with Gasteiger partial charge in [0.05, 0.1) is 0 Å². The van der Waals surface area contributed by atoms with Crippen molar-refractivity contribution in [1.29, 1.82) is 0 Å². The van der Waals surface area contributed by atoms with Crippen LogP contribution in [0.25, 0.3) is 0 Å². The van der Waals surface area contributed by atoms with Crippen LogP contribution < -0.4 is 0 Å². The topological polar surface area (TPSA) is 0 Å². The molecule has 0 saturated heterocycles. The second-order valence-electron chi connectivity index (χ2n) is 6.61. The third-order valence-electron chi connectivity index (χ3n) is 3.14. The largest absolute Gasteiger partial charge is 0.158 e. The van der Waals surface area contributed by atoms with Crippen LogP contribution in [0.2, 0.25) is 0 Å². The smallest absolute Gasteiger partial charge is 0.0151 e. The maximum Gasteiger partial charge on any atom is 0.0151 e. The summed E-state index contributed by atoms with van der Waals surface area (Å²) in [5, 5.41) is 0. The maximum absolute atomic E-state index is 2.37. The molecule has 0 N–H and O–H groups in total. The highest BCUT2D eigenvalue weighted by Gasteiger charge is 2.28. The van der Waals surface area contributed by atoms with Gasteiger partial charge in [0.15, 0.2) is 0 Å². The number of hydrogen-bond acceptors (Lipinski definition) is 1. The fraction of sp³-hybridized carbons (Fsp3) is 0.857. The Kier molecular flexibility index (Phi) is 3.97. The minimum Gasteiger partial charge on any atom is -0.158 e. The summed E-state index contributed by atoms with van der Waals surface area (Å²) in [6.07, 6.45) is 2.67. The molecule has 0 atom stereocenters. The lowest BCUT2D eigenvalue weighted by Gasteiger charge is -2.32. The number of allylic oxidation sites excluding steroid dienone is 1. The van der Waals surface area contributed by atoms with Crippen molar-refractivity contribution >= 4 is 11.8 Å². The highest BCUT2D eigenvalue weighted by Crippen LogP contribution is 2.42. The predicted molar refractivity (Wildman–Crippen MR) is 72.5 cm³/mol. The first-order valence-electron chi connectivity index (χ1n) is 6.03. The zero-order valence-electron chi connectivity index (χ0n) is 11.2. The molecule has 15 heavy (non-hydrogen) atoms. The van der Waals surface area contributed by atoms with Crippen LogP contribution in [-0.4, -0.2) is 11.5 Å². The predicted octanol–water partition coefficient (Wildman–Crippen LogP) is 4.90. The molecule has 0 saturated carbocycles. The van der Waals surface area contributed by atoms with Gasteiger partial charge >= 0.3 is 0 Å². The molecular weight excluding hydrogens is 200 g/mol. The van der Waals surface area contributed by atoms with Gasteiger partial charge in [-0.15, -0.1) is 0 Å². The summed E-state index contributed by atoms with van der Waals surface area (Å²) in [6.45, 7) is 14.2. The molecular formula is C14H26S. The molecule has 1 rings (SSSR count). The lowest BCUT2D eigenvalue weighted by atomic mass is 9.74. The van der Waals surface area contributed by atoms with E-state index >= 15 is 0 Å². The Bertz CT molecular complexity index is 221. The van der Waals surface area contributed by atoms with Gasteiger partial charge in [-0.3, -0.25) is 0 Å². The summed E-state index contributed by atoms with van der Waals surface area (Å²) < 4.78 is 0. The highest BCUT2D eigenvalue weighted by molar-refractivity contribution is 7.99. The first-order valence-corrected chi connectivity index (χ1v) is 7.19. The first-order chi connectivity index (χ1) is 6.73. The van der Waals surface area contributed by atoms with Crippen LogP contribution >= 0.6 is 11.8 Å². The van der Waals surface area contributed by atoms with Crippen molar-refractivity contribution in [3.63, 3.8) is 0 Å². The molecule has 0 unspecified atom stereocenters. The quantitative estimate of drug-likeness (QED) is 0.529. The summed E-state index contributed by atoms with van der Waals surface area (Å²) in [7, 11) is 0. The maximum atomic E-state index is 2.37. The Balaban J connectivity index is 3.13. The molecule has 0 bridgehead atoms. The molecule has 1 aliphatic rings. The second kappa shape index (κ2) is 4.53. The lowest BCUT2D eigenvalue weighted by molar-refractivity contribution is 0.432. The van der Waals surface area contributed by atoms with E-state index in [4.69, 9.17) is 0 Å². The summed E-state index contributed by atoms with van der Waals surface area (Å²) >= 11 is 2.11. The molecule has 0 radical (unpaired) electrons. The fourth-order valence-corrected chi connectivity index (χ4v) is 3.56. The SMILES string of the molecule is CC(C)(C)C1=C(C(C)(C)C)CSCCC1. The van der Waals surface area contributed by atoms with E-state index < -0.39 is 0 Å². The van der Waals surface area contributed by atoms with Crippen LogP contribution in [0.15, 0.2) is 11.1 Å². The van der Waals surface area contributed by atoms with E-state index in [-0.39, 0.29) is 0 Å². The molecule has 1 aliphatic heterocycles. The summed E-state index contributed by atoms with van der Waals surface area (Å²) in [5.74, 6) is 2.58. The summed E-state index contributed by atoms with van der Waals surface area (Å²) in [5.41, 5.74) is 4.13. The van der Waals surface area contributed by atoms with Crippen LogP contribution in [-0.2, 0) is 0 Å². The normalized spacial score (nSPS) is 20.4. The zero-order chi connectivity index (χ0) is 11.7. The molecule has 0 aromatic heterocycles. The van der Waals surface area contributed by atoms with Gasteiger partial charge in [-0.05, 0) is 29.4 Å². The Morgan fingerprint density at radius 3 is 1.87 bits per heavy atom. The molecule has 0 fully saturated rings. The van der Waals surface area contributed by atoms with E-state index in [9.17, 15) is 0 Å². The second-order valence-corrected chi connectivity index (χ2v) is 7.72. The van der Waals surface area contributed by atoms with Gasteiger partial charge in [0.25, 0.3) is 0 Å². The van der Waals surface area contributed by atoms with Crippen molar-refractivity contribution in [2.75, 3.05) is 11.5 Å². The molecule has 0 aromatic rings. The van der Waals surface area contributed by atoms with Gasteiger partial charge in [0.1, 0.15) is 0 Å². The van der Waals surface area contributed by atoms with Crippen molar-refractivity contribution in [3.05, 3.63) is 11.1 Å². The Hall–Kier alpha value is 0.0900. The van der Waals surface area contributed by atoms with Gasteiger partial charge in [-0.25, -0.2) is 0 Å². The van der Waals surface area contributed by atoms with Crippen LogP contribution in [0.1, 0.15) is 54.4 Å². The molecule has 0 spiro atoms. The van der Waals surface area contributed by atoms with Gasteiger partial charge < -0.3 is 0 Å². The average Bonchev–Trinajstić information content (AvgIpc) is 2.24. The van der Waals surface area contributed by atoms with Gasteiger partial charge in [-0.2, -0.15) is 11.8 Å². The highest BCUT2D eigenvalue weighted by atomic mass is 32.2. The fourth-order valence-electron chi connectivity index (χ4n) is 2.26. The minimum absolute atomic E-state index is 0.347. The van der Waals surface area contributed by atoms with Crippen molar-refractivity contribution < 1.29 is 0 Å². The van der Waals surface area contributed by atoms with Crippen molar-refractivity contribution in [3.8, 4) is 0 Å². The van der Waals surface area contributed by atoms with E-state index in [1.165, 1.54) is 24.3 Å². The molecule has 0 amide bonds. The molecule has 0 aliphatic carbocycles. The monoisotopic (exact) mass is 226 g/mol. The third-order valence-corrected chi connectivity index (χ3v) is 4.21. The first kappa shape index (κ1) is 13.2. The summed E-state index contributed by atoms with van der Waals surface area (Å²) in [6, 6.07) is 0. The number of thioether (sulfide) groups is 1. The lowest BCUT2D eigenvalue weighted by Crippen LogP contribution is -2.20. The molecule has 1 heterocycles. The molecule has 0 nitrogen and oxygen atoms in total. The summed E-state index contributed by atoms with van der Waals surface area (Å²) in [4.78, 5) is 0. The van der Waals surface area contributed by atoms with Crippen molar-refractivity contribution in [2.24, 2.45) is 10.8 Å². The molecule has 88 valence electrons. The third kappa shape index (κ3) is 3.55. The van der Waals surface area contributed by atoms with Crippen molar-refractivity contribution in [2.45, 2.75) is 54.4 Å². The molecule has 1 heteroatoms. The zero-order valence-corrected chi connectivity index (χ0v) is 12.1. The van der Waals surface area contributed by atoms with Crippen LogP contribution in [0.3, 0.4) is 0 Å². The Morgan fingerprint density at radius 2 is 1.40 bits per heavy atom. The number of hydrogen-bond donors (Lipinski definition) is 0. The average molecular weight is 226 g/mol. The van der Waals surface area contributed by atoms with E-state index in [0.717, 1.165) is 0 Å². The van der Waals surface area contributed by atoms with E-state index in [2.05, 4.69) is 53.3 Å². The molecule has 0 aromatic carbocycles. The van der Waals surface area contributed by atoms with Crippen LogP contribution in [0, 0.1) is 10.8 Å². The van der Waals surface area contributed by atoms with Crippen molar-refractivity contribution in [1.82, 2.24) is 0 Å². The van der Waals surface area contributed by atoms with Gasteiger partial charge in [-0.1, -0.05) is 52.7 Å². The van der Waals surface area contributed by atoms with Gasteiger partial charge in [0.2, 0.25) is 0 Å². The van der Waals surface area contributed by atoms with E-state index in [0.29, 0.717) is 10.8 Å². The van der Waals surface area contributed by atoms with Gasteiger partial charge in [0, 0.05) is 5.75 Å². The van der Waals surface area contributed by atoms with Crippen LogP contribution in [0.4, 0.5) is 0 Å². The van der Waals surface area contributed by atoms with E-state index in [1.54, 1.807) is 11.1 Å². The number of rotatable bonds is 0. The minimum atomic E-state index is 0.347. The van der Waals surface area contributed by atoms with Crippen LogP contribution in [0.5, 0.6) is 0 Å². The van der Waals surface area contributed by atoms with E-state index in [1.807, 2.05) is 0 Å². The Labute approximate surface area is 99.9 Å². The Morgan fingerprint density at radius 1 is 0.867 bits per heavy atom.